The van der Waals surface area contributed by atoms with Crippen LogP contribution in [-0.4, -0.2) is 83.0 Å². The van der Waals surface area contributed by atoms with E-state index in [-0.39, 0.29) is 11.8 Å². The Labute approximate surface area is 194 Å². The number of nitrogens with zero attached hydrogens (tertiary/aromatic N) is 3. The smallest absolute Gasteiger partial charge is 0.246 e. The first-order valence-electron chi connectivity index (χ1n) is 10.9. The maximum absolute atomic E-state index is 12.6. The Morgan fingerprint density at radius 3 is 2.55 bits per heavy atom. The van der Waals surface area contributed by atoms with Crippen molar-refractivity contribution in [3.05, 3.63) is 39.9 Å². The lowest BCUT2D eigenvalue weighted by molar-refractivity contribution is -0.130. The van der Waals surface area contributed by atoms with Crippen LogP contribution in [-0.2, 0) is 9.59 Å². The zero-order valence-corrected chi connectivity index (χ0v) is 19.5. The molecule has 31 heavy (non-hydrogen) atoms. The fourth-order valence-corrected chi connectivity index (χ4v) is 4.26. The lowest BCUT2D eigenvalue weighted by Crippen LogP contribution is -2.43. The van der Waals surface area contributed by atoms with Gasteiger partial charge in [-0.1, -0.05) is 29.3 Å². The highest BCUT2D eigenvalue weighted by atomic mass is 35.5. The summed E-state index contributed by atoms with van der Waals surface area (Å²) in [5.41, 5.74) is 0.260. The molecule has 0 radical (unpaired) electrons. The largest absolute Gasteiger partial charge is 0.390 e. The summed E-state index contributed by atoms with van der Waals surface area (Å²) >= 11 is 11.9. The minimum Gasteiger partial charge on any atom is -0.390 e. The molecule has 0 bridgehead atoms. The van der Waals surface area contributed by atoms with Crippen molar-refractivity contribution in [2.24, 2.45) is 0 Å². The Morgan fingerprint density at radius 1 is 1.10 bits per heavy atom. The highest BCUT2D eigenvalue weighted by Gasteiger charge is 2.27. The van der Waals surface area contributed by atoms with Crippen LogP contribution >= 0.6 is 23.2 Å². The van der Waals surface area contributed by atoms with Crippen molar-refractivity contribution in [1.29, 1.82) is 0 Å². The third-order valence-corrected chi connectivity index (χ3v) is 6.84. The predicted molar refractivity (Wildman–Crippen MR) is 124 cm³/mol. The molecule has 0 aromatic heterocycles. The van der Waals surface area contributed by atoms with Crippen LogP contribution in [0.15, 0.2) is 24.3 Å². The van der Waals surface area contributed by atoms with Crippen LogP contribution in [0.2, 0.25) is 10.0 Å². The van der Waals surface area contributed by atoms with Crippen molar-refractivity contribution in [1.82, 2.24) is 14.7 Å². The van der Waals surface area contributed by atoms with Crippen LogP contribution in [0.1, 0.15) is 38.2 Å². The quantitative estimate of drug-likeness (QED) is 0.651. The van der Waals surface area contributed by atoms with Crippen molar-refractivity contribution in [2.45, 2.75) is 38.2 Å². The van der Waals surface area contributed by atoms with Crippen LogP contribution < -0.4 is 0 Å². The van der Waals surface area contributed by atoms with Gasteiger partial charge in [-0.3, -0.25) is 9.59 Å². The second-order valence-corrected chi connectivity index (χ2v) is 9.47. The molecular formula is C23H31Cl2N3O3. The van der Waals surface area contributed by atoms with E-state index in [0.29, 0.717) is 42.6 Å². The summed E-state index contributed by atoms with van der Waals surface area (Å²) in [7, 11) is 0. The van der Waals surface area contributed by atoms with Crippen molar-refractivity contribution in [2.75, 3.05) is 45.8 Å². The zero-order valence-electron chi connectivity index (χ0n) is 18.0. The topological polar surface area (TPSA) is 64.1 Å². The summed E-state index contributed by atoms with van der Waals surface area (Å²) in [6.45, 7) is 6.83. The summed E-state index contributed by atoms with van der Waals surface area (Å²) in [4.78, 5) is 31.0. The van der Waals surface area contributed by atoms with Gasteiger partial charge in [0.25, 0.3) is 0 Å². The third-order valence-electron chi connectivity index (χ3n) is 6.10. The zero-order chi connectivity index (χ0) is 22.4. The molecule has 1 N–H and O–H groups in total. The molecule has 2 aliphatic rings. The monoisotopic (exact) mass is 467 g/mol. The van der Waals surface area contributed by atoms with Gasteiger partial charge in [0, 0.05) is 51.8 Å². The van der Waals surface area contributed by atoms with E-state index in [9.17, 15) is 14.7 Å². The van der Waals surface area contributed by atoms with Crippen LogP contribution in [0, 0.1) is 0 Å². The molecule has 170 valence electrons. The highest BCUT2D eigenvalue weighted by Crippen LogP contribution is 2.23. The summed E-state index contributed by atoms with van der Waals surface area (Å²) in [5, 5.41) is 11.0. The van der Waals surface area contributed by atoms with Crippen molar-refractivity contribution in [3.63, 3.8) is 0 Å². The van der Waals surface area contributed by atoms with E-state index in [1.807, 2.05) is 11.8 Å². The Hall–Kier alpha value is -1.60. The molecule has 2 saturated heterocycles. The fraction of sp³-hybridized carbons (Fsp3) is 0.565. The fourth-order valence-electron chi connectivity index (χ4n) is 3.96. The van der Waals surface area contributed by atoms with E-state index in [2.05, 4.69) is 4.90 Å². The molecule has 0 spiro atoms. The van der Waals surface area contributed by atoms with Gasteiger partial charge >= 0.3 is 0 Å². The molecule has 0 saturated carbocycles. The molecule has 8 heteroatoms. The summed E-state index contributed by atoms with van der Waals surface area (Å²) in [6, 6.07) is 5.21. The number of halogens is 2. The van der Waals surface area contributed by atoms with E-state index in [0.717, 1.165) is 44.5 Å². The van der Waals surface area contributed by atoms with Crippen LogP contribution in [0.5, 0.6) is 0 Å². The first-order chi connectivity index (χ1) is 14.7. The van der Waals surface area contributed by atoms with E-state index < -0.39 is 5.60 Å². The number of likely N-dealkylation sites (tertiary alicyclic amines) is 1. The number of hydrogen-bond donors (Lipinski definition) is 1. The minimum atomic E-state index is -0.540. The van der Waals surface area contributed by atoms with Gasteiger partial charge in [0.15, 0.2) is 0 Å². The molecule has 2 fully saturated rings. The SMILES string of the molecule is CC1(O)CCN(CCCN2CCN(C(=O)C=Cc3ccc(Cl)c(Cl)c3)CCC2=O)CC1. The molecule has 6 nitrogen and oxygen atoms in total. The Kier molecular flexibility index (Phi) is 8.39. The summed E-state index contributed by atoms with van der Waals surface area (Å²) in [6.07, 6.45) is 6.07. The number of aliphatic hydroxyl groups is 1. The number of rotatable bonds is 6. The highest BCUT2D eigenvalue weighted by molar-refractivity contribution is 6.42. The molecule has 2 heterocycles. The maximum Gasteiger partial charge on any atom is 0.246 e. The minimum absolute atomic E-state index is 0.102. The van der Waals surface area contributed by atoms with Gasteiger partial charge in [0.2, 0.25) is 11.8 Å². The van der Waals surface area contributed by atoms with Gasteiger partial charge in [0.1, 0.15) is 0 Å². The van der Waals surface area contributed by atoms with Crippen molar-refractivity contribution >= 4 is 41.1 Å². The van der Waals surface area contributed by atoms with Crippen LogP contribution in [0.3, 0.4) is 0 Å². The first-order valence-corrected chi connectivity index (χ1v) is 11.6. The second-order valence-electron chi connectivity index (χ2n) is 8.66. The molecule has 0 aliphatic carbocycles. The second kappa shape index (κ2) is 10.8. The van der Waals surface area contributed by atoms with Gasteiger partial charge in [0.05, 0.1) is 15.6 Å². The maximum atomic E-state index is 12.6. The third kappa shape index (κ3) is 7.21. The van der Waals surface area contributed by atoms with Crippen molar-refractivity contribution in [3.8, 4) is 0 Å². The number of amides is 2. The molecule has 0 unspecified atom stereocenters. The van der Waals surface area contributed by atoms with Gasteiger partial charge < -0.3 is 19.8 Å². The Balaban J connectivity index is 1.44. The average Bonchev–Trinajstić information content (AvgIpc) is 2.92. The van der Waals surface area contributed by atoms with Crippen LogP contribution in [0.25, 0.3) is 6.08 Å². The Morgan fingerprint density at radius 2 is 1.84 bits per heavy atom. The molecule has 1 aromatic carbocycles. The predicted octanol–water partition coefficient (Wildman–Crippen LogP) is 3.30. The summed E-state index contributed by atoms with van der Waals surface area (Å²) < 4.78 is 0. The normalized spacial score (nSPS) is 20.3. The standard InChI is InChI=1S/C23H31Cl2N3O3/c1-23(31)8-13-26(14-9-23)10-2-11-27-15-16-28(12-7-22(27)30)21(29)6-4-18-3-5-19(24)20(25)17-18/h3-6,17,31H,2,7-16H2,1H3. The lowest BCUT2D eigenvalue weighted by atomic mass is 9.94. The lowest BCUT2D eigenvalue weighted by Gasteiger charge is -2.36. The molecule has 3 rings (SSSR count). The number of piperidine rings is 1. The van der Waals surface area contributed by atoms with Crippen LogP contribution in [0.4, 0.5) is 0 Å². The molecule has 2 aliphatic heterocycles. The van der Waals surface area contributed by atoms with Gasteiger partial charge in [-0.15, -0.1) is 0 Å². The number of carbonyl (C=O) groups excluding carboxylic acids is 2. The Bertz CT molecular complexity index is 818. The number of hydrogen-bond acceptors (Lipinski definition) is 4. The van der Waals surface area contributed by atoms with E-state index >= 15 is 0 Å². The molecular weight excluding hydrogens is 437 g/mol. The van der Waals surface area contributed by atoms with Crippen molar-refractivity contribution < 1.29 is 14.7 Å². The molecule has 1 aromatic rings. The molecule has 0 atom stereocenters. The molecule has 2 amide bonds. The number of carbonyl (C=O) groups is 2. The van der Waals surface area contributed by atoms with E-state index in [1.165, 1.54) is 6.08 Å². The summed E-state index contributed by atoms with van der Waals surface area (Å²) in [5.74, 6) is -0.00793. The van der Waals surface area contributed by atoms with Gasteiger partial charge in [-0.2, -0.15) is 0 Å². The van der Waals surface area contributed by atoms with E-state index in [1.54, 1.807) is 29.2 Å². The number of benzene rings is 1. The van der Waals surface area contributed by atoms with Gasteiger partial charge in [-0.05, 0) is 56.5 Å². The van der Waals surface area contributed by atoms with E-state index in [4.69, 9.17) is 23.2 Å². The van der Waals surface area contributed by atoms with Gasteiger partial charge in [-0.25, -0.2) is 0 Å². The first kappa shape index (κ1) is 24.1. The average molecular weight is 468 g/mol.